The molecule has 1 saturated carbocycles. The molecule has 1 heterocycles. The van der Waals surface area contributed by atoms with Gasteiger partial charge < -0.3 is 4.90 Å². The highest BCUT2D eigenvalue weighted by molar-refractivity contribution is 7.17. The standard InChI is InChI=1S/C11H16N2OS/c1-3-13(4-2)11-12-10(8-5-6-8)9(7-14)15-11/h7-8H,3-6H2,1-2H3. The van der Waals surface area contributed by atoms with Crippen molar-refractivity contribution in [2.45, 2.75) is 32.6 Å². The van der Waals surface area contributed by atoms with E-state index in [9.17, 15) is 4.79 Å². The van der Waals surface area contributed by atoms with Gasteiger partial charge in [0.25, 0.3) is 0 Å². The third-order valence-corrected chi connectivity index (χ3v) is 3.83. The minimum absolute atomic E-state index is 0.561. The van der Waals surface area contributed by atoms with Crippen LogP contribution in [0.1, 0.15) is 48.0 Å². The average Bonchev–Trinajstić information content (AvgIpc) is 3.01. The number of thiazole rings is 1. The van der Waals surface area contributed by atoms with Crippen molar-refractivity contribution >= 4 is 22.8 Å². The van der Waals surface area contributed by atoms with E-state index >= 15 is 0 Å². The van der Waals surface area contributed by atoms with Crippen LogP contribution in [0.5, 0.6) is 0 Å². The third kappa shape index (κ3) is 2.04. The van der Waals surface area contributed by atoms with E-state index in [1.54, 1.807) is 0 Å². The lowest BCUT2D eigenvalue weighted by atomic mass is 10.3. The van der Waals surface area contributed by atoms with E-state index in [-0.39, 0.29) is 0 Å². The van der Waals surface area contributed by atoms with Gasteiger partial charge >= 0.3 is 0 Å². The van der Waals surface area contributed by atoms with Gasteiger partial charge in [0.2, 0.25) is 0 Å². The quantitative estimate of drug-likeness (QED) is 0.721. The van der Waals surface area contributed by atoms with E-state index in [1.807, 2.05) is 0 Å². The average molecular weight is 224 g/mol. The molecule has 0 aliphatic heterocycles. The first kappa shape index (κ1) is 10.6. The molecule has 0 spiro atoms. The van der Waals surface area contributed by atoms with Gasteiger partial charge in [0.15, 0.2) is 11.4 Å². The van der Waals surface area contributed by atoms with Crippen LogP contribution in [0.4, 0.5) is 5.13 Å². The van der Waals surface area contributed by atoms with E-state index in [0.717, 1.165) is 35.1 Å². The molecule has 1 fully saturated rings. The summed E-state index contributed by atoms with van der Waals surface area (Å²) in [6.45, 7) is 6.13. The van der Waals surface area contributed by atoms with E-state index in [2.05, 4.69) is 23.7 Å². The number of carbonyl (C=O) groups is 1. The lowest BCUT2D eigenvalue weighted by Gasteiger charge is -2.16. The molecule has 1 aromatic heterocycles. The molecule has 0 N–H and O–H groups in total. The monoisotopic (exact) mass is 224 g/mol. The molecule has 0 radical (unpaired) electrons. The maximum Gasteiger partial charge on any atom is 0.186 e. The van der Waals surface area contributed by atoms with Gasteiger partial charge in [0.1, 0.15) is 0 Å². The second-order valence-corrected chi connectivity index (χ2v) is 4.82. The van der Waals surface area contributed by atoms with Crippen molar-refractivity contribution in [1.29, 1.82) is 0 Å². The normalized spacial score (nSPS) is 15.3. The summed E-state index contributed by atoms with van der Waals surface area (Å²) >= 11 is 1.53. The molecule has 0 saturated heterocycles. The van der Waals surface area contributed by atoms with Crippen LogP contribution >= 0.6 is 11.3 Å². The summed E-state index contributed by atoms with van der Waals surface area (Å²) in [6.07, 6.45) is 3.35. The highest BCUT2D eigenvalue weighted by Gasteiger charge is 2.30. The van der Waals surface area contributed by atoms with Crippen molar-refractivity contribution in [3.8, 4) is 0 Å². The lowest BCUT2D eigenvalue weighted by Crippen LogP contribution is -2.21. The summed E-state index contributed by atoms with van der Waals surface area (Å²) in [6, 6.07) is 0. The van der Waals surface area contributed by atoms with Crippen LogP contribution in [-0.4, -0.2) is 24.4 Å². The molecule has 3 nitrogen and oxygen atoms in total. The van der Waals surface area contributed by atoms with Crippen molar-refractivity contribution in [1.82, 2.24) is 4.98 Å². The molecule has 82 valence electrons. The Bertz CT molecular complexity index is 353. The zero-order valence-electron chi connectivity index (χ0n) is 9.19. The van der Waals surface area contributed by atoms with Crippen molar-refractivity contribution < 1.29 is 4.79 Å². The number of aromatic nitrogens is 1. The Morgan fingerprint density at radius 2 is 2.13 bits per heavy atom. The van der Waals surface area contributed by atoms with Crippen molar-refractivity contribution in [3.63, 3.8) is 0 Å². The van der Waals surface area contributed by atoms with Crippen molar-refractivity contribution in [2.24, 2.45) is 0 Å². The van der Waals surface area contributed by atoms with Crippen molar-refractivity contribution in [3.05, 3.63) is 10.6 Å². The highest BCUT2D eigenvalue weighted by atomic mass is 32.1. The number of aldehydes is 1. The summed E-state index contributed by atoms with van der Waals surface area (Å²) in [7, 11) is 0. The van der Waals surface area contributed by atoms with Crippen LogP contribution in [-0.2, 0) is 0 Å². The molecular formula is C11H16N2OS. The Labute approximate surface area is 94.1 Å². The van der Waals surface area contributed by atoms with E-state index in [0.29, 0.717) is 5.92 Å². The topological polar surface area (TPSA) is 33.2 Å². The largest absolute Gasteiger partial charge is 0.349 e. The van der Waals surface area contributed by atoms with Gasteiger partial charge in [-0.05, 0) is 26.7 Å². The van der Waals surface area contributed by atoms with Gasteiger partial charge in [-0.15, -0.1) is 0 Å². The Balaban J connectivity index is 2.28. The molecule has 0 bridgehead atoms. The van der Waals surface area contributed by atoms with E-state index in [4.69, 9.17) is 0 Å². The maximum atomic E-state index is 10.9. The minimum atomic E-state index is 0.561. The van der Waals surface area contributed by atoms with Gasteiger partial charge in [0, 0.05) is 19.0 Å². The fourth-order valence-electron chi connectivity index (χ4n) is 1.69. The Hall–Kier alpha value is -0.900. The SMILES string of the molecule is CCN(CC)c1nc(C2CC2)c(C=O)s1. The first-order valence-electron chi connectivity index (χ1n) is 5.51. The molecule has 0 aromatic carbocycles. The third-order valence-electron chi connectivity index (χ3n) is 2.77. The fourth-order valence-corrected chi connectivity index (χ4v) is 2.79. The molecule has 1 aromatic rings. The number of hydrogen-bond donors (Lipinski definition) is 0. The second kappa shape index (κ2) is 4.31. The number of hydrogen-bond acceptors (Lipinski definition) is 4. The van der Waals surface area contributed by atoms with Gasteiger partial charge in [-0.2, -0.15) is 0 Å². The van der Waals surface area contributed by atoms with Crippen molar-refractivity contribution in [2.75, 3.05) is 18.0 Å². The molecule has 1 aliphatic carbocycles. The molecule has 0 unspecified atom stereocenters. The van der Waals surface area contributed by atoms with E-state index in [1.165, 1.54) is 24.2 Å². The molecule has 1 aliphatic rings. The van der Waals surface area contributed by atoms with Crippen LogP contribution in [0.2, 0.25) is 0 Å². The minimum Gasteiger partial charge on any atom is -0.349 e. The first-order chi connectivity index (χ1) is 7.30. The predicted molar refractivity (Wildman–Crippen MR) is 63.0 cm³/mol. The Morgan fingerprint density at radius 1 is 1.47 bits per heavy atom. The smallest absolute Gasteiger partial charge is 0.186 e. The van der Waals surface area contributed by atoms with Crippen LogP contribution in [0.15, 0.2) is 0 Å². The molecule has 4 heteroatoms. The molecule has 0 amide bonds. The molecular weight excluding hydrogens is 208 g/mol. The van der Waals surface area contributed by atoms with Crippen LogP contribution in [0, 0.1) is 0 Å². The van der Waals surface area contributed by atoms with Gasteiger partial charge in [-0.1, -0.05) is 11.3 Å². The summed E-state index contributed by atoms with van der Waals surface area (Å²) in [4.78, 5) is 18.6. The van der Waals surface area contributed by atoms with Crippen LogP contribution in [0.25, 0.3) is 0 Å². The maximum absolute atomic E-state index is 10.9. The molecule has 0 atom stereocenters. The summed E-state index contributed by atoms with van der Waals surface area (Å²) in [5, 5.41) is 1.00. The predicted octanol–water partition coefficient (Wildman–Crippen LogP) is 2.68. The molecule has 2 rings (SSSR count). The number of carbonyl (C=O) groups excluding carboxylic acids is 1. The van der Waals surface area contributed by atoms with Gasteiger partial charge in [0.05, 0.1) is 10.6 Å². The number of anilines is 1. The van der Waals surface area contributed by atoms with Gasteiger partial charge in [-0.3, -0.25) is 4.79 Å². The highest BCUT2D eigenvalue weighted by Crippen LogP contribution is 2.43. The van der Waals surface area contributed by atoms with E-state index < -0.39 is 0 Å². The Kier molecular flexibility index (Phi) is 3.05. The zero-order chi connectivity index (χ0) is 10.8. The van der Waals surface area contributed by atoms with Crippen LogP contribution in [0.3, 0.4) is 0 Å². The van der Waals surface area contributed by atoms with Crippen LogP contribution < -0.4 is 4.90 Å². The lowest BCUT2D eigenvalue weighted by molar-refractivity contribution is 0.112. The first-order valence-corrected chi connectivity index (χ1v) is 6.32. The van der Waals surface area contributed by atoms with Gasteiger partial charge in [-0.25, -0.2) is 4.98 Å². The summed E-state index contributed by atoms with van der Waals surface area (Å²) in [5.74, 6) is 0.561. The molecule has 15 heavy (non-hydrogen) atoms. The summed E-state index contributed by atoms with van der Waals surface area (Å²) in [5.41, 5.74) is 1.04. The summed E-state index contributed by atoms with van der Waals surface area (Å²) < 4.78 is 0. The zero-order valence-corrected chi connectivity index (χ0v) is 10.0. The fraction of sp³-hybridized carbons (Fsp3) is 0.636. The number of nitrogens with zero attached hydrogens (tertiary/aromatic N) is 2. The number of rotatable bonds is 5. The second-order valence-electron chi connectivity index (χ2n) is 3.81. The Morgan fingerprint density at radius 3 is 2.60 bits per heavy atom.